The summed E-state index contributed by atoms with van der Waals surface area (Å²) in [5.41, 5.74) is 8.51. The minimum atomic E-state index is -3.89. The highest BCUT2D eigenvalue weighted by molar-refractivity contribution is 7.89. The second-order valence-corrected chi connectivity index (χ2v) is 10.6. The van der Waals surface area contributed by atoms with Crippen LogP contribution in [0.25, 0.3) is 32.9 Å². The van der Waals surface area contributed by atoms with Gasteiger partial charge in [-0.1, -0.05) is 11.2 Å². The second kappa shape index (κ2) is 7.92. The molecular formula is C24H24N4O6S. The molecule has 2 aromatic heterocycles. The van der Waals surface area contributed by atoms with Crippen molar-refractivity contribution < 1.29 is 27.3 Å². The molecule has 1 fully saturated rings. The SMILES string of the molecule is COC1CN(C(=O)c2ccc3c4cc(-c5c(C)noc5C)cc(C(N)=O)c4n(S(C)(=O)=O)c3c2)C1. The molecule has 0 bridgehead atoms. The molecule has 5 rings (SSSR count). The number of hydrogen-bond acceptors (Lipinski definition) is 7. The van der Waals surface area contributed by atoms with E-state index in [0.29, 0.717) is 52.0 Å². The number of nitrogens with two attached hydrogens (primary N) is 1. The van der Waals surface area contributed by atoms with Gasteiger partial charge in [0.1, 0.15) is 5.76 Å². The van der Waals surface area contributed by atoms with Gasteiger partial charge in [-0.05, 0) is 43.7 Å². The van der Waals surface area contributed by atoms with E-state index in [2.05, 4.69) is 5.16 Å². The Balaban J connectivity index is 1.81. The first-order valence-corrected chi connectivity index (χ1v) is 12.7. The Labute approximate surface area is 201 Å². The summed E-state index contributed by atoms with van der Waals surface area (Å²) in [4.78, 5) is 27.2. The first-order valence-electron chi connectivity index (χ1n) is 10.9. The van der Waals surface area contributed by atoms with Gasteiger partial charge in [0.15, 0.2) is 0 Å². The van der Waals surface area contributed by atoms with E-state index in [1.165, 1.54) is 0 Å². The van der Waals surface area contributed by atoms with Gasteiger partial charge in [0.05, 0.1) is 34.7 Å². The standard InChI is InChI=1S/C24H24N4O6S/c1-12-21(13(2)34-26-12)15-7-18-17-6-5-14(24(30)27-10-16(11-27)33-3)9-20(17)28(35(4,31)32)22(18)19(8-15)23(25)29/h5-9,16H,10-11H2,1-4H3,(H2,25,29). The molecule has 0 radical (unpaired) electrons. The highest BCUT2D eigenvalue weighted by Gasteiger charge is 2.32. The van der Waals surface area contributed by atoms with Crippen LogP contribution >= 0.6 is 0 Å². The van der Waals surface area contributed by atoms with Crippen LogP contribution in [0, 0.1) is 13.8 Å². The van der Waals surface area contributed by atoms with Gasteiger partial charge in [0, 0.05) is 42.1 Å². The number of methoxy groups -OCH3 is 1. The minimum absolute atomic E-state index is 0.00831. The molecule has 0 aliphatic carbocycles. The molecule has 0 atom stereocenters. The number of nitrogens with zero attached hydrogens (tertiary/aromatic N) is 3. The third kappa shape index (κ3) is 3.58. The smallest absolute Gasteiger partial charge is 0.254 e. The largest absolute Gasteiger partial charge is 0.378 e. The normalized spacial score (nSPS) is 14.6. The first-order chi connectivity index (χ1) is 16.5. The number of likely N-dealkylation sites (tertiary alicyclic amines) is 1. The predicted octanol–water partition coefficient (Wildman–Crippen LogP) is 2.44. The molecule has 0 unspecified atom stereocenters. The Morgan fingerprint density at radius 3 is 2.43 bits per heavy atom. The lowest BCUT2D eigenvalue weighted by Gasteiger charge is -2.38. The molecule has 4 aromatic rings. The number of aryl methyl sites for hydroxylation is 2. The lowest BCUT2D eigenvalue weighted by Crippen LogP contribution is -2.54. The summed E-state index contributed by atoms with van der Waals surface area (Å²) in [6, 6.07) is 8.23. The fraction of sp³-hybridized carbons (Fsp3) is 0.292. The maximum atomic E-state index is 13.0. The first kappa shape index (κ1) is 23.1. The van der Waals surface area contributed by atoms with Gasteiger partial charge >= 0.3 is 0 Å². The van der Waals surface area contributed by atoms with Crippen LogP contribution in [0.4, 0.5) is 0 Å². The van der Waals surface area contributed by atoms with Crippen LogP contribution in [-0.2, 0) is 14.8 Å². The predicted molar refractivity (Wildman–Crippen MR) is 130 cm³/mol. The van der Waals surface area contributed by atoms with Crippen LogP contribution in [0.5, 0.6) is 0 Å². The van der Waals surface area contributed by atoms with Crippen LogP contribution in [0.15, 0.2) is 34.9 Å². The Kier molecular flexibility index (Phi) is 5.22. The molecular weight excluding hydrogens is 472 g/mol. The molecule has 3 heterocycles. The molecule has 2 N–H and O–H groups in total. The van der Waals surface area contributed by atoms with E-state index >= 15 is 0 Å². The van der Waals surface area contributed by atoms with Gasteiger partial charge in [0.2, 0.25) is 10.0 Å². The zero-order valence-electron chi connectivity index (χ0n) is 19.7. The summed E-state index contributed by atoms with van der Waals surface area (Å²) in [7, 11) is -2.29. The van der Waals surface area contributed by atoms with Crippen LogP contribution < -0.4 is 5.73 Å². The van der Waals surface area contributed by atoms with Crippen molar-refractivity contribution in [3.63, 3.8) is 0 Å². The molecule has 11 heteroatoms. The van der Waals surface area contributed by atoms with E-state index in [0.717, 1.165) is 10.2 Å². The zero-order valence-corrected chi connectivity index (χ0v) is 20.5. The van der Waals surface area contributed by atoms with Crippen LogP contribution in [0.2, 0.25) is 0 Å². The van der Waals surface area contributed by atoms with E-state index in [-0.39, 0.29) is 28.6 Å². The topological polar surface area (TPSA) is 138 Å². The number of carbonyl (C=O) groups is 2. The van der Waals surface area contributed by atoms with Gasteiger partial charge < -0.3 is 19.9 Å². The lowest BCUT2D eigenvalue weighted by molar-refractivity contribution is -0.0191. The maximum Gasteiger partial charge on any atom is 0.254 e. The van der Waals surface area contributed by atoms with Crippen molar-refractivity contribution in [1.82, 2.24) is 14.0 Å². The number of rotatable bonds is 5. The molecule has 35 heavy (non-hydrogen) atoms. The van der Waals surface area contributed by atoms with Crippen molar-refractivity contribution in [2.75, 3.05) is 26.5 Å². The Hall–Kier alpha value is -3.70. The highest BCUT2D eigenvalue weighted by Crippen LogP contribution is 2.38. The molecule has 2 amide bonds. The van der Waals surface area contributed by atoms with E-state index in [1.807, 2.05) is 0 Å². The minimum Gasteiger partial charge on any atom is -0.378 e. The average Bonchev–Trinajstić information content (AvgIpc) is 3.27. The summed E-state index contributed by atoms with van der Waals surface area (Å²) in [6.07, 6.45) is 1.04. The average molecular weight is 497 g/mol. The monoisotopic (exact) mass is 496 g/mol. The van der Waals surface area contributed by atoms with Gasteiger partial charge in [-0.25, -0.2) is 12.4 Å². The van der Waals surface area contributed by atoms with Crippen LogP contribution in [0.3, 0.4) is 0 Å². The summed E-state index contributed by atoms with van der Waals surface area (Å²) in [6.45, 7) is 4.47. The van der Waals surface area contributed by atoms with Crippen molar-refractivity contribution in [3.05, 3.63) is 52.9 Å². The second-order valence-electron chi connectivity index (χ2n) is 8.81. The Bertz CT molecular complexity index is 1620. The Morgan fingerprint density at radius 2 is 1.86 bits per heavy atom. The van der Waals surface area contributed by atoms with E-state index in [9.17, 15) is 18.0 Å². The van der Waals surface area contributed by atoms with E-state index < -0.39 is 15.9 Å². The number of primary amides is 1. The van der Waals surface area contributed by atoms with Crippen molar-refractivity contribution in [2.45, 2.75) is 20.0 Å². The van der Waals surface area contributed by atoms with Crippen molar-refractivity contribution in [2.24, 2.45) is 5.73 Å². The number of hydrogen-bond donors (Lipinski definition) is 1. The van der Waals surface area contributed by atoms with E-state index in [1.54, 1.807) is 56.2 Å². The van der Waals surface area contributed by atoms with Crippen molar-refractivity contribution in [3.8, 4) is 11.1 Å². The van der Waals surface area contributed by atoms with Gasteiger partial charge in [-0.15, -0.1) is 0 Å². The number of benzene rings is 2. The van der Waals surface area contributed by atoms with Crippen LogP contribution in [-0.4, -0.2) is 66.8 Å². The number of amides is 2. The number of carbonyl (C=O) groups excluding carboxylic acids is 2. The molecule has 10 nitrogen and oxygen atoms in total. The fourth-order valence-electron chi connectivity index (χ4n) is 4.75. The quantitative estimate of drug-likeness (QED) is 0.448. The molecule has 182 valence electrons. The summed E-state index contributed by atoms with van der Waals surface area (Å²) >= 11 is 0. The third-order valence-corrected chi connectivity index (χ3v) is 7.50. The Morgan fingerprint density at radius 1 is 1.14 bits per heavy atom. The molecule has 0 saturated carbocycles. The van der Waals surface area contributed by atoms with Crippen molar-refractivity contribution in [1.29, 1.82) is 0 Å². The number of fused-ring (bicyclic) bond motifs is 3. The number of aromatic nitrogens is 2. The van der Waals surface area contributed by atoms with Crippen molar-refractivity contribution >= 4 is 43.6 Å². The van der Waals surface area contributed by atoms with Gasteiger partial charge in [-0.2, -0.15) is 0 Å². The molecule has 1 aliphatic rings. The number of ether oxygens (including phenoxy) is 1. The summed E-state index contributed by atoms with van der Waals surface area (Å²) in [5.74, 6) is -0.447. The molecule has 2 aromatic carbocycles. The van der Waals surface area contributed by atoms with Gasteiger partial charge in [-0.3, -0.25) is 9.59 Å². The highest BCUT2D eigenvalue weighted by atomic mass is 32.2. The zero-order chi connectivity index (χ0) is 25.2. The van der Waals surface area contributed by atoms with Gasteiger partial charge in [0.25, 0.3) is 11.8 Å². The fourth-order valence-corrected chi connectivity index (χ4v) is 5.78. The molecule has 1 saturated heterocycles. The maximum absolute atomic E-state index is 13.0. The van der Waals surface area contributed by atoms with E-state index in [4.69, 9.17) is 15.0 Å². The molecule has 0 spiro atoms. The molecule has 1 aliphatic heterocycles. The summed E-state index contributed by atoms with van der Waals surface area (Å²) in [5, 5.41) is 5.06. The third-order valence-electron chi connectivity index (χ3n) is 6.45. The lowest BCUT2D eigenvalue weighted by atomic mass is 9.97. The van der Waals surface area contributed by atoms with Crippen LogP contribution in [0.1, 0.15) is 32.2 Å². The summed E-state index contributed by atoms with van der Waals surface area (Å²) < 4.78 is 37.5.